The maximum Gasteiger partial charge on any atom is 0.302 e. The van der Waals surface area contributed by atoms with E-state index in [4.69, 9.17) is 4.74 Å². The lowest BCUT2D eigenvalue weighted by molar-refractivity contribution is -0.153. The van der Waals surface area contributed by atoms with Crippen LogP contribution in [0.1, 0.15) is 58.3 Å². The third kappa shape index (κ3) is 2.37. The molecule has 130 valence electrons. The van der Waals surface area contributed by atoms with Gasteiger partial charge in [-0.05, 0) is 68.3 Å². The molecule has 4 heteroatoms. The molecule has 5 atom stereocenters. The second-order valence-electron chi connectivity index (χ2n) is 8.24. The van der Waals surface area contributed by atoms with Crippen molar-refractivity contribution in [1.29, 1.82) is 0 Å². The summed E-state index contributed by atoms with van der Waals surface area (Å²) >= 11 is 0. The number of fused-ring (bicyclic) bond motifs is 5. The molecule has 0 aromatic heterocycles. The Morgan fingerprint density at radius 2 is 1.96 bits per heavy atom. The summed E-state index contributed by atoms with van der Waals surface area (Å²) in [6.07, 6.45) is 9.14. The topological polar surface area (TPSA) is 60.4 Å². The Balaban J connectivity index is 1.60. The summed E-state index contributed by atoms with van der Waals surface area (Å²) in [5.74, 6) is 2.38. The third-order valence-corrected chi connectivity index (χ3v) is 7.28. The van der Waals surface area contributed by atoms with E-state index in [9.17, 15) is 14.4 Å². The van der Waals surface area contributed by atoms with Gasteiger partial charge in [0, 0.05) is 19.8 Å². The zero-order valence-electron chi connectivity index (χ0n) is 14.4. The second-order valence-corrected chi connectivity index (χ2v) is 8.24. The molecule has 0 N–H and O–H groups in total. The fraction of sp³-hybridized carbons (Fsp3) is 0.750. The van der Waals surface area contributed by atoms with Crippen LogP contribution < -0.4 is 0 Å². The first kappa shape index (κ1) is 16.0. The van der Waals surface area contributed by atoms with Gasteiger partial charge in [0.1, 0.15) is 12.4 Å². The largest absolute Gasteiger partial charge is 0.465 e. The highest BCUT2D eigenvalue weighted by Gasteiger charge is 2.59. The highest BCUT2D eigenvalue weighted by Crippen LogP contribution is 2.60. The molecule has 0 aromatic carbocycles. The van der Waals surface area contributed by atoms with Crippen LogP contribution in [0.15, 0.2) is 11.6 Å². The lowest BCUT2D eigenvalue weighted by Gasteiger charge is -2.52. The number of hydrogen-bond acceptors (Lipinski definition) is 4. The number of ether oxygens (including phenoxy) is 1. The molecule has 4 nitrogen and oxygen atoms in total. The van der Waals surface area contributed by atoms with Gasteiger partial charge in [-0.25, -0.2) is 0 Å². The molecule has 0 saturated heterocycles. The fourth-order valence-corrected chi connectivity index (χ4v) is 6.26. The molecular formula is C20H26O4. The Morgan fingerprint density at radius 1 is 1.12 bits per heavy atom. The van der Waals surface area contributed by atoms with Gasteiger partial charge in [0.25, 0.3) is 0 Å². The van der Waals surface area contributed by atoms with Gasteiger partial charge in [0.05, 0.1) is 5.41 Å². The molecule has 24 heavy (non-hydrogen) atoms. The van der Waals surface area contributed by atoms with Crippen LogP contribution in [0.2, 0.25) is 0 Å². The van der Waals surface area contributed by atoms with Gasteiger partial charge in [0.15, 0.2) is 5.78 Å². The van der Waals surface area contributed by atoms with Crippen molar-refractivity contribution in [3.8, 4) is 0 Å². The Morgan fingerprint density at radius 3 is 2.75 bits per heavy atom. The molecule has 4 aliphatic rings. The molecule has 4 rings (SSSR count). The maximum atomic E-state index is 12.7. The first-order chi connectivity index (χ1) is 11.5. The predicted molar refractivity (Wildman–Crippen MR) is 88.1 cm³/mol. The van der Waals surface area contributed by atoms with Crippen LogP contribution >= 0.6 is 0 Å². The SMILES string of the molecule is CC(=O)OC[C@]12CC[C@H]3[C@@H](CCC4=CC(=O)CC[C@@H]43)[C@@H]1CCC2=O. The van der Waals surface area contributed by atoms with Crippen LogP contribution in [0.4, 0.5) is 0 Å². The molecule has 0 heterocycles. The Labute approximate surface area is 143 Å². The van der Waals surface area contributed by atoms with E-state index >= 15 is 0 Å². The van der Waals surface area contributed by atoms with Gasteiger partial charge >= 0.3 is 5.97 Å². The van der Waals surface area contributed by atoms with E-state index in [1.807, 2.05) is 6.08 Å². The van der Waals surface area contributed by atoms with Gasteiger partial charge in [-0.3, -0.25) is 14.4 Å². The predicted octanol–water partition coefficient (Wildman–Crippen LogP) is 3.24. The monoisotopic (exact) mass is 330 g/mol. The minimum Gasteiger partial charge on any atom is -0.465 e. The molecular weight excluding hydrogens is 304 g/mol. The molecule has 0 amide bonds. The lowest BCUT2D eigenvalue weighted by Crippen LogP contribution is -2.50. The zero-order valence-corrected chi connectivity index (χ0v) is 14.4. The van der Waals surface area contributed by atoms with Gasteiger partial charge in [-0.15, -0.1) is 0 Å². The van der Waals surface area contributed by atoms with Crippen molar-refractivity contribution in [2.45, 2.75) is 58.3 Å². The summed E-state index contributed by atoms with van der Waals surface area (Å²) in [5.41, 5.74) is 0.947. The molecule has 3 saturated carbocycles. The maximum absolute atomic E-state index is 12.7. The quantitative estimate of drug-likeness (QED) is 0.729. The Hall–Kier alpha value is -1.45. The normalized spacial score (nSPS) is 41.1. The van der Waals surface area contributed by atoms with Crippen molar-refractivity contribution < 1.29 is 19.1 Å². The number of esters is 1. The van der Waals surface area contributed by atoms with E-state index in [0.717, 1.165) is 38.5 Å². The van der Waals surface area contributed by atoms with E-state index in [-0.39, 0.29) is 18.4 Å². The van der Waals surface area contributed by atoms with Crippen LogP contribution in [0, 0.1) is 29.1 Å². The number of Topliss-reactive ketones (excluding diaryl/α,β-unsaturated/α-hetero) is 1. The standard InChI is InChI=1S/C20H26O4/c1-12(21)24-11-20-9-8-16-15-5-3-14(22)10-13(15)2-4-17(16)18(20)6-7-19(20)23/h10,15-18H,2-9,11H2,1H3/t15-,16+,17+,18-,20+/m0/s1. The molecule has 0 aromatic rings. The minimum absolute atomic E-state index is 0.279. The molecule has 0 spiro atoms. The number of allylic oxidation sites excluding steroid dienone is 1. The van der Waals surface area contributed by atoms with Crippen LogP contribution in [0.3, 0.4) is 0 Å². The van der Waals surface area contributed by atoms with Crippen LogP contribution in [-0.4, -0.2) is 24.1 Å². The van der Waals surface area contributed by atoms with Crippen LogP contribution in [0.25, 0.3) is 0 Å². The highest BCUT2D eigenvalue weighted by molar-refractivity contribution is 5.91. The first-order valence-electron chi connectivity index (χ1n) is 9.41. The molecule has 4 aliphatic carbocycles. The van der Waals surface area contributed by atoms with Crippen molar-refractivity contribution >= 4 is 17.5 Å². The number of carbonyl (C=O) groups is 3. The molecule has 3 fully saturated rings. The highest BCUT2D eigenvalue weighted by atomic mass is 16.5. The van der Waals surface area contributed by atoms with Gasteiger partial charge in [0.2, 0.25) is 0 Å². The summed E-state index contributed by atoms with van der Waals surface area (Å²) < 4.78 is 5.34. The summed E-state index contributed by atoms with van der Waals surface area (Å²) in [6.45, 7) is 1.70. The Kier molecular flexibility index (Phi) is 3.89. The van der Waals surface area contributed by atoms with Crippen LogP contribution in [0.5, 0.6) is 0 Å². The summed E-state index contributed by atoms with van der Waals surface area (Å²) in [6, 6.07) is 0. The number of ketones is 2. The molecule has 0 bridgehead atoms. The van der Waals surface area contributed by atoms with Crippen molar-refractivity contribution in [3.05, 3.63) is 11.6 Å². The number of hydrogen-bond donors (Lipinski definition) is 0. The van der Waals surface area contributed by atoms with Crippen molar-refractivity contribution in [3.63, 3.8) is 0 Å². The van der Waals surface area contributed by atoms with E-state index in [1.54, 1.807) is 0 Å². The van der Waals surface area contributed by atoms with Crippen LogP contribution in [-0.2, 0) is 19.1 Å². The lowest BCUT2D eigenvalue weighted by atomic mass is 9.52. The average molecular weight is 330 g/mol. The summed E-state index contributed by atoms with van der Waals surface area (Å²) in [5, 5.41) is 0. The van der Waals surface area contributed by atoms with Gasteiger partial charge < -0.3 is 4.74 Å². The molecule has 0 aliphatic heterocycles. The number of carbonyl (C=O) groups excluding carboxylic acids is 3. The molecule has 0 unspecified atom stereocenters. The van der Waals surface area contributed by atoms with E-state index in [1.165, 1.54) is 12.5 Å². The molecule has 0 radical (unpaired) electrons. The average Bonchev–Trinajstić information content (AvgIpc) is 2.90. The van der Waals surface area contributed by atoms with E-state index in [0.29, 0.717) is 42.3 Å². The van der Waals surface area contributed by atoms with E-state index in [2.05, 4.69) is 0 Å². The van der Waals surface area contributed by atoms with Crippen molar-refractivity contribution in [2.75, 3.05) is 6.61 Å². The fourth-order valence-electron chi connectivity index (χ4n) is 6.26. The van der Waals surface area contributed by atoms with Gasteiger partial charge in [-0.1, -0.05) is 5.57 Å². The Bertz CT molecular complexity index is 619. The smallest absolute Gasteiger partial charge is 0.302 e. The number of rotatable bonds is 2. The van der Waals surface area contributed by atoms with Gasteiger partial charge in [-0.2, -0.15) is 0 Å². The minimum atomic E-state index is -0.418. The van der Waals surface area contributed by atoms with Crippen molar-refractivity contribution in [2.24, 2.45) is 29.1 Å². The second kappa shape index (κ2) is 5.82. The summed E-state index contributed by atoms with van der Waals surface area (Å²) in [7, 11) is 0. The first-order valence-corrected chi connectivity index (χ1v) is 9.41. The summed E-state index contributed by atoms with van der Waals surface area (Å²) in [4.78, 5) is 35.7. The zero-order chi connectivity index (χ0) is 16.9. The van der Waals surface area contributed by atoms with Crippen molar-refractivity contribution in [1.82, 2.24) is 0 Å². The van der Waals surface area contributed by atoms with E-state index < -0.39 is 5.41 Å². The third-order valence-electron chi connectivity index (χ3n) is 7.28.